The van der Waals surface area contributed by atoms with E-state index >= 15 is 0 Å². The first-order valence-electron chi connectivity index (χ1n) is 6.28. The highest BCUT2D eigenvalue weighted by Gasteiger charge is 2.28. The standard InChI is InChI=1S/C13H15N5S/c1-8-11(14-2)17-12(9-3-4-9)18-13(8)19-10-7-15-5-6-16-10/h5-7,9H,3-4H2,1-2H3,(H,14,17,18). The minimum absolute atomic E-state index is 0.536. The van der Waals surface area contributed by atoms with Crippen molar-refractivity contribution in [1.29, 1.82) is 0 Å². The van der Waals surface area contributed by atoms with Crippen LogP contribution in [0.3, 0.4) is 0 Å². The summed E-state index contributed by atoms with van der Waals surface area (Å²) in [4.78, 5) is 17.6. The Morgan fingerprint density at radius 2 is 2.11 bits per heavy atom. The molecule has 2 heterocycles. The summed E-state index contributed by atoms with van der Waals surface area (Å²) in [6.45, 7) is 2.03. The molecular formula is C13H15N5S. The van der Waals surface area contributed by atoms with Crippen LogP contribution in [0.15, 0.2) is 28.6 Å². The Hall–Kier alpha value is -1.69. The maximum atomic E-state index is 4.68. The fourth-order valence-electron chi connectivity index (χ4n) is 1.82. The van der Waals surface area contributed by atoms with E-state index in [-0.39, 0.29) is 0 Å². The molecule has 0 radical (unpaired) electrons. The molecule has 2 aromatic heterocycles. The number of aromatic nitrogens is 4. The van der Waals surface area contributed by atoms with Gasteiger partial charge >= 0.3 is 0 Å². The number of rotatable bonds is 4. The molecule has 2 aromatic rings. The predicted octanol–water partition coefficient (Wildman–Crippen LogP) is 2.65. The Kier molecular flexibility index (Phi) is 3.33. The smallest absolute Gasteiger partial charge is 0.135 e. The highest BCUT2D eigenvalue weighted by molar-refractivity contribution is 7.99. The molecule has 0 saturated heterocycles. The summed E-state index contributed by atoms with van der Waals surface area (Å²) in [5, 5.41) is 4.96. The van der Waals surface area contributed by atoms with Crippen LogP contribution in [0.1, 0.15) is 30.1 Å². The molecular weight excluding hydrogens is 258 g/mol. The molecule has 5 nitrogen and oxygen atoms in total. The summed E-state index contributed by atoms with van der Waals surface area (Å²) < 4.78 is 0. The van der Waals surface area contributed by atoms with Gasteiger partial charge in [-0.1, -0.05) is 0 Å². The van der Waals surface area contributed by atoms with Crippen molar-refractivity contribution >= 4 is 17.6 Å². The Bertz CT molecular complexity index is 583. The summed E-state index contributed by atoms with van der Waals surface area (Å²) in [5.41, 5.74) is 1.06. The maximum Gasteiger partial charge on any atom is 0.135 e. The number of hydrogen-bond acceptors (Lipinski definition) is 6. The van der Waals surface area contributed by atoms with Crippen molar-refractivity contribution in [2.45, 2.75) is 35.7 Å². The Labute approximate surface area is 116 Å². The molecule has 1 saturated carbocycles. The lowest BCUT2D eigenvalue weighted by Crippen LogP contribution is -2.04. The molecule has 98 valence electrons. The van der Waals surface area contributed by atoms with E-state index in [1.807, 2.05) is 14.0 Å². The number of hydrogen-bond donors (Lipinski definition) is 1. The minimum Gasteiger partial charge on any atom is -0.373 e. The molecule has 0 bridgehead atoms. The number of nitrogens with one attached hydrogen (secondary N) is 1. The average molecular weight is 273 g/mol. The van der Waals surface area contributed by atoms with Crippen LogP contribution in [0.2, 0.25) is 0 Å². The quantitative estimate of drug-likeness (QED) is 0.864. The van der Waals surface area contributed by atoms with E-state index in [1.54, 1.807) is 18.6 Å². The zero-order valence-corrected chi connectivity index (χ0v) is 11.7. The predicted molar refractivity (Wildman–Crippen MR) is 74.4 cm³/mol. The third-order valence-electron chi connectivity index (χ3n) is 3.04. The van der Waals surface area contributed by atoms with Crippen molar-refractivity contribution in [3.05, 3.63) is 30.0 Å². The second-order valence-electron chi connectivity index (χ2n) is 4.53. The van der Waals surface area contributed by atoms with E-state index in [0.29, 0.717) is 5.92 Å². The van der Waals surface area contributed by atoms with Gasteiger partial charge < -0.3 is 5.32 Å². The summed E-state index contributed by atoms with van der Waals surface area (Å²) in [6.07, 6.45) is 7.51. The first-order valence-corrected chi connectivity index (χ1v) is 7.09. The van der Waals surface area contributed by atoms with Gasteiger partial charge in [0.2, 0.25) is 0 Å². The van der Waals surface area contributed by atoms with E-state index in [2.05, 4.69) is 25.3 Å². The zero-order valence-electron chi connectivity index (χ0n) is 10.9. The van der Waals surface area contributed by atoms with E-state index in [4.69, 9.17) is 0 Å². The Morgan fingerprint density at radius 1 is 1.26 bits per heavy atom. The zero-order chi connectivity index (χ0) is 13.2. The van der Waals surface area contributed by atoms with E-state index in [0.717, 1.165) is 27.3 Å². The second-order valence-corrected chi connectivity index (χ2v) is 5.54. The summed E-state index contributed by atoms with van der Waals surface area (Å²) in [7, 11) is 1.89. The lowest BCUT2D eigenvalue weighted by molar-refractivity contribution is 0.863. The molecule has 19 heavy (non-hydrogen) atoms. The molecule has 0 aliphatic heterocycles. The average Bonchev–Trinajstić information content (AvgIpc) is 3.27. The number of anilines is 1. The normalized spacial score (nSPS) is 14.4. The van der Waals surface area contributed by atoms with Gasteiger partial charge in [-0.2, -0.15) is 0 Å². The SMILES string of the molecule is CNc1nc(C2CC2)nc(Sc2cnccn2)c1C. The monoisotopic (exact) mass is 273 g/mol. The van der Waals surface area contributed by atoms with Gasteiger partial charge in [0.15, 0.2) is 0 Å². The van der Waals surface area contributed by atoms with Crippen LogP contribution < -0.4 is 5.32 Å². The molecule has 0 atom stereocenters. The summed E-state index contributed by atoms with van der Waals surface area (Å²) in [5.74, 6) is 2.39. The molecule has 0 amide bonds. The maximum absolute atomic E-state index is 4.68. The molecule has 3 rings (SSSR count). The summed E-state index contributed by atoms with van der Waals surface area (Å²) >= 11 is 1.54. The van der Waals surface area contributed by atoms with Crippen LogP contribution in [-0.2, 0) is 0 Å². The first kappa shape index (κ1) is 12.3. The molecule has 1 N–H and O–H groups in total. The molecule has 6 heteroatoms. The van der Waals surface area contributed by atoms with E-state index < -0.39 is 0 Å². The third-order valence-corrected chi connectivity index (χ3v) is 4.05. The van der Waals surface area contributed by atoms with Crippen LogP contribution >= 0.6 is 11.8 Å². The topological polar surface area (TPSA) is 63.6 Å². The largest absolute Gasteiger partial charge is 0.373 e. The van der Waals surface area contributed by atoms with Crippen molar-refractivity contribution in [3.8, 4) is 0 Å². The molecule has 0 aromatic carbocycles. The summed E-state index contributed by atoms with van der Waals surface area (Å²) in [6, 6.07) is 0. The highest BCUT2D eigenvalue weighted by atomic mass is 32.2. The molecule has 0 spiro atoms. The third kappa shape index (κ3) is 2.68. The molecule has 1 aliphatic carbocycles. The lowest BCUT2D eigenvalue weighted by atomic mass is 10.3. The van der Waals surface area contributed by atoms with Gasteiger partial charge in [0.25, 0.3) is 0 Å². The van der Waals surface area contributed by atoms with Gasteiger partial charge in [0, 0.05) is 30.9 Å². The van der Waals surface area contributed by atoms with E-state index in [1.165, 1.54) is 24.6 Å². The fraction of sp³-hybridized carbons (Fsp3) is 0.385. The van der Waals surface area contributed by atoms with Crippen molar-refractivity contribution in [3.63, 3.8) is 0 Å². The minimum atomic E-state index is 0.536. The highest BCUT2D eigenvalue weighted by Crippen LogP contribution is 2.40. The van der Waals surface area contributed by atoms with Gasteiger partial charge in [-0.25, -0.2) is 15.0 Å². The second kappa shape index (κ2) is 5.13. The van der Waals surface area contributed by atoms with Crippen molar-refractivity contribution < 1.29 is 0 Å². The van der Waals surface area contributed by atoms with Crippen LogP contribution in [-0.4, -0.2) is 27.0 Å². The number of nitrogens with zero attached hydrogens (tertiary/aromatic N) is 4. The van der Waals surface area contributed by atoms with Gasteiger partial charge in [-0.3, -0.25) is 4.98 Å². The van der Waals surface area contributed by atoms with Gasteiger partial charge in [-0.05, 0) is 31.5 Å². The van der Waals surface area contributed by atoms with Gasteiger partial charge in [0.05, 0.1) is 6.20 Å². The first-order chi connectivity index (χ1) is 9.28. The van der Waals surface area contributed by atoms with Crippen LogP contribution in [0.5, 0.6) is 0 Å². The van der Waals surface area contributed by atoms with Crippen molar-refractivity contribution in [2.75, 3.05) is 12.4 Å². The van der Waals surface area contributed by atoms with E-state index in [9.17, 15) is 0 Å². The molecule has 1 fully saturated rings. The Morgan fingerprint density at radius 3 is 2.74 bits per heavy atom. The lowest BCUT2D eigenvalue weighted by Gasteiger charge is -2.11. The molecule has 1 aliphatic rings. The van der Waals surface area contributed by atoms with Crippen LogP contribution in [0.4, 0.5) is 5.82 Å². The van der Waals surface area contributed by atoms with Gasteiger partial charge in [0.1, 0.15) is 21.7 Å². The van der Waals surface area contributed by atoms with Crippen molar-refractivity contribution in [2.24, 2.45) is 0 Å². The van der Waals surface area contributed by atoms with Crippen LogP contribution in [0.25, 0.3) is 0 Å². The fourth-order valence-corrected chi connectivity index (χ4v) is 2.63. The van der Waals surface area contributed by atoms with Gasteiger partial charge in [-0.15, -0.1) is 0 Å². The van der Waals surface area contributed by atoms with Crippen molar-refractivity contribution in [1.82, 2.24) is 19.9 Å². The molecule has 0 unspecified atom stereocenters. The van der Waals surface area contributed by atoms with Crippen LogP contribution in [0, 0.1) is 6.92 Å². The Balaban J connectivity index is 1.97.